The standard InChI is InChI=1S/C23H17FN2O4/c1-29-18-8-4-3-7-17(18)22(27)26-20-16-6-2-5-9-19(16)30-21(20)23(28)25-15-12-10-14(24)11-13-15/h2-13H,1H3,(H,25,28)(H,26,27). The highest BCUT2D eigenvalue weighted by Crippen LogP contribution is 2.32. The first-order valence-corrected chi connectivity index (χ1v) is 9.09. The highest BCUT2D eigenvalue weighted by Gasteiger charge is 2.23. The van der Waals surface area contributed by atoms with E-state index in [2.05, 4.69) is 10.6 Å². The van der Waals surface area contributed by atoms with Gasteiger partial charge in [-0.3, -0.25) is 9.59 Å². The predicted octanol–water partition coefficient (Wildman–Crippen LogP) is 5.09. The van der Waals surface area contributed by atoms with Gasteiger partial charge in [0.25, 0.3) is 11.8 Å². The van der Waals surface area contributed by atoms with Crippen LogP contribution in [-0.2, 0) is 0 Å². The zero-order chi connectivity index (χ0) is 21.1. The van der Waals surface area contributed by atoms with Crippen molar-refractivity contribution < 1.29 is 23.1 Å². The van der Waals surface area contributed by atoms with Crippen molar-refractivity contribution in [2.24, 2.45) is 0 Å². The number of fused-ring (bicyclic) bond motifs is 1. The molecule has 0 fully saturated rings. The number of ether oxygens (including phenoxy) is 1. The number of anilines is 2. The van der Waals surface area contributed by atoms with Gasteiger partial charge in [0.2, 0.25) is 5.76 Å². The molecule has 7 heteroatoms. The normalized spacial score (nSPS) is 10.6. The summed E-state index contributed by atoms with van der Waals surface area (Å²) in [6.07, 6.45) is 0. The zero-order valence-electron chi connectivity index (χ0n) is 15.9. The second kappa shape index (κ2) is 8.08. The lowest BCUT2D eigenvalue weighted by Crippen LogP contribution is -2.17. The van der Waals surface area contributed by atoms with Crippen molar-refractivity contribution in [2.75, 3.05) is 17.7 Å². The van der Waals surface area contributed by atoms with Crippen molar-refractivity contribution in [3.63, 3.8) is 0 Å². The Morgan fingerprint density at radius 1 is 0.867 bits per heavy atom. The third-order valence-corrected chi connectivity index (χ3v) is 4.49. The third kappa shape index (κ3) is 3.73. The number of para-hydroxylation sites is 2. The highest BCUT2D eigenvalue weighted by atomic mass is 19.1. The highest BCUT2D eigenvalue weighted by molar-refractivity contribution is 6.17. The molecule has 6 nitrogen and oxygen atoms in total. The van der Waals surface area contributed by atoms with E-state index >= 15 is 0 Å². The summed E-state index contributed by atoms with van der Waals surface area (Å²) in [5, 5.41) is 5.99. The van der Waals surface area contributed by atoms with Crippen LogP contribution < -0.4 is 15.4 Å². The van der Waals surface area contributed by atoms with Crippen LogP contribution in [0, 0.1) is 5.82 Å². The Morgan fingerprint density at radius 2 is 1.57 bits per heavy atom. The van der Waals surface area contributed by atoms with Crippen molar-refractivity contribution in [1.82, 2.24) is 0 Å². The van der Waals surface area contributed by atoms with E-state index in [4.69, 9.17) is 9.15 Å². The Hall–Kier alpha value is -4.13. The van der Waals surface area contributed by atoms with E-state index in [1.807, 2.05) is 0 Å². The summed E-state index contributed by atoms with van der Waals surface area (Å²) >= 11 is 0. The molecule has 2 amide bonds. The van der Waals surface area contributed by atoms with Crippen LogP contribution in [0.15, 0.2) is 77.2 Å². The fraction of sp³-hybridized carbons (Fsp3) is 0.0435. The number of furan rings is 1. The molecule has 0 saturated carbocycles. The molecule has 30 heavy (non-hydrogen) atoms. The van der Waals surface area contributed by atoms with Gasteiger partial charge in [0.15, 0.2) is 0 Å². The molecule has 150 valence electrons. The molecule has 0 saturated heterocycles. The van der Waals surface area contributed by atoms with Gasteiger partial charge in [0.05, 0.1) is 12.7 Å². The number of methoxy groups -OCH3 is 1. The maximum absolute atomic E-state index is 13.1. The lowest BCUT2D eigenvalue weighted by Gasteiger charge is -2.10. The third-order valence-electron chi connectivity index (χ3n) is 4.49. The van der Waals surface area contributed by atoms with Crippen LogP contribution in [0.5, 0.6) is 5.75 Å². The minimum atomic E-state index is -0.576. The molecule has 4 aromatic rings. The number of halogens is 1. The van der Waals surface area contributed by atoms with Crippen molar-refractivity contribution in [2.45, 2.75) is 0 Å². The molecule has 0 spiro atoms. The smallest absolute Gasteiger partial charge is 0.293 e. The van der Waals surface area contributed by atoms with Gasteiger partial charge in [-0.15, -0.1) is 0 Å². The second-order valence-electron chi connectivity index (χ2n) is 6.42. The molecule has 0 radical (unpaired) electrons. The summed E-state index contributed by atoms with van der Waals surface area (Å²) in [6.45, 7) is 0. The van der Waals surface area contributed by atoms with Crippen LogP contribution in [-0.4, -0.2) is 18.9 Å². The Labute approximate surface area is 171 Å². The summed E-state index contributed by atoms with van der Waals surface area (Å²) in [5.74, 6) is -1.10. The maximum Gasteiger partial charge on any atom is 0.293 e. The summed E-state index contributed by atoms with van der Waals surface area (Å²) in [5.41, 5.74) is 1.39. The number of nitrogens with one attached hydrogen (secondary N) is 2. The van der Waals surface area contributed by atoms with Crippen LogP contribution >= 0.6 is 0 Å². The van der Waals surface area contributed by atoms with Crippen LogP contribution in [0.4, 0.5) is 15.8 Å². The average molecular weight is 404 g/mol. The number of amides is 2. The number of benzene rings is 3. The van der Waals surface area contributed by atoms with Crippen LogP contribution in [0.2, 0.25) is 0 Å². The topological polar surface area (TPSA) is 80.6 Å². The van der Waals surface area contributed by atoms with E-state index in [0.717, 1.165) is 0 Å². The molecule has 1 aromatic heterocycles. The van der Waals surface area contributed by atoms with Gasteiger partial charge in [-0.05, 0) is 48.5 Å². The van der Waals surface area contributed by atoms with E-state index in [1.54, 1.807) is 48.5 Å². The molecule has 0 aliphatic carbocycles. The van der Waals surface area contributed by atoms with Crippen LogP contribution in [0.1, 0.15) is 20.9 Å². The molecule has 0 atom stereocenters. The molecule has 3 aromatic carbocycles. The first-order chi connectivity index (χ1) is 14.6. The van der Waals surface area contributed by atoms with Gasteiger partial charge in [-0.2, -0.15) is 0 Å². The molecule has 0 aliphatic heterocycles. The van der Waals surface area contributed by atoms with Gasteiger partial charge in [-0.25, -0.2) is 4.39 Å². The average Bonchev–Trinajstić information content (AvgIpc) is 3.14. The van der Waals surface area contributed by atoms with Crippen LogP contribution in [0.25, 0.3) is 11.0 Å². The van der Waals surface area contributed by atoms with Crippen molar-refractivity contribution in [3.05, 3.63) is 89.9 Å². The van der Waals surface area contributed by atoms with Crippen molar-refractivity contribution in [1.29, 1.82) is 0 Å². The number of carbonyl (C=O) groups excluding carboxylic acids is 2. The Morgan fingerprint density at radius 3 is 2.33 bits per heavy atom. The number of hydrogen-bond donors (Lipinski definition) is 2. The second-order valence-corrected chi connectivity index (χ2v) is 6.42. The minimum Gasteiger partial charge on any atom is -0.496 e. The van der Waals surface area contributed by atoms with Gasteiger partial charge in [-0.1, -0.05) is 24.3 Å². The predicted molar refractivity (Wildman–Crippen MR) is 112 cm³/mol. The minimum absolute atomic E-state index is 0.0660. The maximum atomic E-state index is 13.1. The SMILES string of the molecule is COc1ccccc1C(=O)Nc1c(C(=O)Nc2ccc(F)cc2)oc2ccccc12. The first kappa shape index (κ1) is 19.2. The lowest BCUT2D eigenvalue weighted by molar-refractivity contribution is 0.0999. The van der Waals surface area contributed by atoms with Gasteiger partial charge in [0, 0.05) is 11.1 Å². The van der Waals surface area contributed by atoms with E-state index in [9.17, 15) is 14.0 Å². The Bertz CT molecular complexity index is 1230. The monoisotopic (exact) mass is 404 g/mol. The Kier molecular flexibility index (Phi) is 5.17. The summed E-state index contributed by atoms with van der Waals surface area (Å²) in [7, 11) is 1.47. The van der Waals surface area contributed by atoms with Gasteiger partial charge in [0.1, 0.15) is 22.8 Å². The summed E-state index contributed by atoms with van der Waals surface area (Å²) < 4.78 is 24.1. The summed E-state index contributed by atoms with van der Waals surface area (Å²) in [4.78, 5) is 25.8. The lowest BCUT2D eigenvalue weighted by atomic mass is 10.1. The quantitative estimate of drug-likeness (QED) is 0.486. The molecule has 0 aliphatic rings. The Balaban J connectivity index is 1.70. The molecular weight excluding hydrogens is 387 g/mol. The molecular formula is C23H17FN2O4. The van der Waals surface area contributed by atoms with E-state index < -0.39 is 17.6 Å². The summed E-state index contributed by atoms with van der Waals surface area (Å²) in [6, 6.07) is 19.1. The fourth-order valence-electron chi connectivity index (χ4n) is 3.06. The molecule has 0 bridgehead atoms. The van der Waals surface area contributed by atoms with E-state index in [1.165, 1.54) is 31.4 Å². The van der Waals surface area contributed by atoms with Crippen molar-refractivity contribution in [3.8, 4) is 5.75 Å². The molecule has 2 N–H and O–H groups in total. The zero-order valence-corrected chi connectivity index (χ0v) is 15.9. The van der Waals surface area contributed by atoms with Crippen LogP contribution in [0.3, 0.4) is 0 Å². The number of hydrogen-bond acceptors (Lipinski definition) is 4. The van der Waals surface area contributed by atoms with E-state index in [0.29, 0.717) is 28.0 Å². The van der Waals surface area contributed by atoms with Gasteiger partial charge < -0.3 is 19.8 Å². The molecule has 4 rings (SSSR count). The molecule has 0 unspecified atom stereocenters. The van der Waals surface area contributed by atoms with Crippen molar-refractivity contribution >= 4 is 34.2 Å². The number of carbonyl (C=O) groups is 2. The van der Waals surface area contributed by atoms with E-state index in [-0.39, 0.29) is 11.4 Å². The number of rotatable bonds is 5. The van der Waals surface area contributed by atoms with Gasteiger partial charge >= 0.3 is 0 Å². The fourth-order valence-corrected chi connectivity index (χ4v) is 3.06. The largest absolute Gasteiger partial charge is 0.496 e. The first-order valence-electron chi connectivity index (χ1n) is 9.09. The molecule has 1 heterocycles.